The molecule has 1 saturated heterocycles. The third-order valence-electron chi connectivity index (χ3n) is 4.93. The molecular weight excluding hydrogens is 349 g/mol. The highest BCUT2D eigenvalue weighted by molar-refractivity contribution is 6.56. The maximum absolute atomic E-state index is 11.6. The molecule has 146 valence electrons. The van der Waals surface area contributed by atoms with Gasteiger partial charge in [0.2, 0.25) is 5.91 Å². The van der Waals surface area contributed by atoms with E-state index in [1.165, 1.54) is 20.1 Å². The quantitative estimate of drug-likeness (QED) is 0.743. The molecule has 0 atom stereocenters. The van der Waals surface area contributed by atoms with Crippen LogP contribution in [0.5, 0.6) is 5.75 Å². The number of carbonyl (C=O) groups is 2. The van der Waals surface area contributed by atoms with Gasteiger partial charge in [0, 0.05) is 13.5 Å². The zero-order valence-electron chi connectivity index (χ0n) is 16.6. The van der Waals surface area contributed by atoms with Gasteiger partial charge in [-0.3, -0.25) is 4.79 Å². The first-order valence-electron chi connectivity index (χ1n) is 8.69. The SMILES string of the molecule is COc1ccc(C(=O)O)c(C=C(CNC(C)=O)B2OC(C)(C)C(C)(C)O2)c1. The summed E-state index contributed by atoms with van der Waals surface area (Å²) in [5.74, 6) is -0.739. The molecule has 1 aliphatic rings. The predicted octanol–water partition coefficient (Wildman–Crippen LogP) is 2.54. The molecule has 8 heteroatoms. The van der Waals surface area contributed by atoms with Crippen LogP contribution in [0.3, 0.4) is 0 Å². The van der Waals surface area contributed by atoms with Crippen molar-refractivity contribution in [2.24, 2.45) is 0 Å². The average Bonchev–Trinajstić information content (AvgIpc) is 2.78. The van der Waals surface area contributed by atoms with E-state index in [9.17, 15) is 14.7 Å². The minimum Gasteiger partial charge on any atom is -0.497 e. The molecule has 0 bridgehead atoms. The van der Waals surface area contributed by atoms with Gasteiger partial charge in [-0.25, -0.2) is 4.79 Å². The average molecular weight is 375 g/mol. The Balaban J connectivity index is 2.49. The number of benzene rings is 1. The third kappa shape index (κ3) is 4.70. The molecule has 1 heterocycles. The van der Waals surface area contributed by atoms with Gasteiger partial charge in [0.1, 0.15) is 5.75 Å². The second-order valence-electron chi connectivity index (χ2n) is 7.48. The number of hydrogen-bond acceptors (Lipinski definition) is 5. The van der Waals surface area contributed by atoms with Crippen molar-refractivity contribution in [3.8, 4) is 5.75 Å². The molecule has 2 N–H and O–H groups in total. The van der Waals surface area contributed by atoms with E-state index in [1.807, 2.05) is 27.7 Å². The molecule has 0 spiro atoms. The Labute approximate surface area is 159 Å². The normalized spacial score (nSPS) is 18.3. The summed E-state index contributed by atoms with van der Waals surface area (Å²) in [6.07, 6.45) is 1.67. The second kappa shape index (κ2) is 7.74. The lowest BCUT2D eigenvalue weighted by Gasteiger charge is -2.32. The summed E-state index contributed by atoms with van der Waals surface area (Å²) in [7, 11) is 0.796. The first-order chi connectivity index (χ1) is 12.5. The molecule has 1 aliphatic heterocycles. The van der Waals surface area contributed by atoms with Gasteiger partial charge >= 0.3 is 13.1 Å². The van der Waals surface area contributed by atoms with E-state index in [1.54, 1.807) is 18.2 Å². The van der Waals surface area contributed by atoms with E-state index in [0.29, 0.717) is 16.8 Å². The molecule has 0 aliphatic carbocycles. The molecule has 27 heavy (non-hydrogen) atoms. The number of hydrogen-bond donors (Lipinski definition) is 2. The lowest BCUT2D eigenvalue weighted by Crippen LogP contribution is -2.41. The number of ether oxygens (including phenoxy) is 1. The Bertz CT molecular complexity index is 755. The molecule has 1 aromatic carbocycles. The van der Waals surface area contributed by atoms with Crippen molar-refractivity contribution in [3.63, 3.8) is 0 Å². The van der Waals surface area contributed by atoms with E-state index < -0.39 is 24.3 Å². The number of aromatic carboxylic acids is 1. The summed E-state index contributed by atoms with van der Waals surface area (Å²) in [5, 5.41) is 12.2. The summed E-state index contributed by atoms with van der Waals surface area (Å²) >= 11 is 0. The fourth-order valence-electron chi connectivity index (χ4n) is 2.61. The Morgan fingerprint density at radius 1 is 1.22 bits per heavy atom. The van der Waals surface area contributed by atoms with Crippen LogP contribution in [-0.2, 0) is 14.1 Å². The standard InChI is InChI=1S/C19H26BNO6/c1-12(22)21-11-14(20-26-18(2,3)19(4,5)27-20)9-13-10-15(25-6)7-8-16(13)17(23)24/h7-10H,11H2,1-6H3,(H,21,22)(H,23,24). The maximum Gasteiger partial charge on any atom is 0.492 e. The number of nitrogens with one attached hydrogen (secondary N) is 1. The molecule has 1 fully saturated rings. The molecule has 7 nitrogen and oxygen atoms in total. The van der Waals surface area contributed by atoms with Crippen LogP contribution in [0.15, 0.2) is 23.7 Å². The van der Waals surface area contributed by atoms with E-state index in [0.717, 1.165) is 0 Å². The van der Waals surface area contributed by atoms with Crippen LogP contribution in [0.1, 0.15) is 50.5 Å². The molecular formula is C19H26BNO6. The van der Waals surface area contributed by atoms with Crippen molar-refractivity contribution in [1.82, 2.24) is 5.32 Å². The molecule has 0 aromatic heterocycles. The summed E-state index contributed by atoms with van der Waals surface area (Å²) in [6, 6.07) is 4.69. The highest BCUT2D eigenvalue weighted by Crippen LogP contribution is 2.39. The van der Waals surface area contributed by atoms with Crippen molar-refractivity contribution in [2.45, 2.75) is 45.8 Å². The molecule has 0 radical (unpaired) electrons. The third-order valence-corrected chi connectivity index (χ3v) is 4.93. The lowest BCUT2D eigenvalue weighted by atomic mass is 9.76. The van der Waals surface area contributed by atoms with E-state index in [2.05, 4.69) is 5.32 Å². The van der Waals surface area contributed by atoms with Gasteiger partial charge < -0.3 is 24.5 Å². The topological polar surface area (TPSA) is 94.1 Å². The van der Waals surface area contributed by atoms with Gasteiger partial charge in [0.05, 0.1) is 23.9 Å². The van der Waals surface area contributed by atoms with Crippen LogP contribution in [0.4, 0.5) is 0 Å². The van der Waals surface area contributed by atoms with Gasteiger partial charge in [0.25, 0.3) is 0 Å². The van der Waals surface area contributed by atoms with Crippen molar-refractivity contribution >= 4 is 25.1 Å². The smallest absolute Gasteiger partial charge is 0.492 e. The fourth-order valence-corrected chi connectivity index (χ4v) is 2.61. The Morgan fingerprint density at radius 3 is 2.30 bits per heavy atom. The van der Waals surface area contributed by atoms with Crippen LogP contribution >= 0.6 is 0 Å². The molecule has 0 unspecified atom stereocenters. The summed E-state index contributed by atoms with van der Waals surface area (Å²) in [6.45, 7) is 9.29. The molecule has 0 saturated carbocycles. The highest BCUT2D eigenvalue weighted by Gasteiger charge is 2.52. The van der Waals surface area contributed by atoms with Crippen molar-refractivity contribution in [1.29, 1.82) is 0 Å². The number of rotatable bonds is 6. The number of amides is 1. The Hall–Kier alpha value is -2.32. The van der Waals surface area contributed by atoms with Gasteiger partial charge in [-0.1, -0.05) is 6.08 Å². The van der Waals surface area contributed by atoms with Crippen LogP contribution in [0, 0.1) is 0 Å². The summed E-state index contributed by atoms with van der Waals surface area (Å²) in [4.78, 5) is 23.0. The van der Waals surface area contributed by atoms with Gasteiger partial charge in [-0.2, -0.15) is 0 Å². The molecule has 1 amide bonds. The van der Waals surface area contributed by atoms with E-state index in [-0.39, 0.29) is 18.0 Å². The summed E-state index contributed by atoms with van der Waals surface area (Å²) < 4.78 is 17.3. The van der Waals surface area contributed by atoms with Crippen molar-refractivity contribution in [2.75, 3.05) is 13.7 Å². The van der Waals surface area contributed by atoms with Gasteiger partial charge in [-0.05, 0) is 56.9 Å². The van der Waals surface area contributed by atoms with Gasteiger partial charge in [-0.15, -0.1) is 0 Å². The van der Waals surface area contributed by atoms with E-state index in [4.69, 9.17) is 14.0 Å². The number of carboxylic acid groups (broad SMARTS) is 1. The maximum atomic E-state index is 11.6. The summed E-state index contributed by atoms with van der Waals surface area (Å²) in [5.41, 5.74) is 0.0534. The minimum absolute atomic E-state index is 0.118. The lowest BCUT2D eigenvalue weighted by molar-refractivity contribution is -0.118. The fraction of sp³-hybridized carbons (Fsp3) is 0.474. The Kier molecular flexibility index (Phi) is 6.02. The number of methoxy groups -OCH3 is 1. The van der Waals surface area contributed by atoms with Crippen molar-refractivity contribution < 1.29 is 28.7 Å². The van der Waals surface area contributed by atoms with Crippen molar-refractivity contribution in [3.05, 3.63) is 34.8 Å². The number of carboxylic acids is 1. The number of carbonyl (C=O) groups excluding carboxylic acids is 1. The zero-order valence-corrected chi connectivity index (χ0v) is 16.6. The van der Waals surface area contributed by atoms with Crippen LogP contribution in [0.25, 0.3) is 6.08 Å². The van der Waals surface area contributed by atoms with Crippen LogP contribution in [-0.4, -0.2) is 49.0 Å². The minimum atomic E-state index is -1.06. The predicted molar refractivity (Wildman–Crippen MR) is 103 cm³/mol. The molecule has 1 aromatic rings. The van der Waals surface area contributed by atoms with Crippen LogP contribution in [0.2, 0.25) is 0 Å². The second-order valence-corrected chi connectivity index (χ2v) is 7.48. The first-order valence-corrected chi connectivity index (χ1v) is 8.69. The molecule has 2 rings (SSSR count). The zero-order chi connectivity index (χ0) is 20.4. The first kappa shape index (κ1) is 21.0. The monoisotopic (exact) mass is 375 g/mol. The highest BCUT2D eigenvalue weighted by atomic mass is 16.7. The Morgan fingerprint density at radius 2 is 1.81 bits per heavy atom. The van der Waals surface area contributed by atoms with Gasteiger partial charge in [0.15, 0.2) is 0 Å². The largest absolute Gasteiger partial charge is 0.497 e. The van der Waals surface area contributed by atoms with Crippen LogP contribution < -0.4 is 10.1 Å². The van der Waals surface area contributed by atoms with E-state index >= 15 is 0 Å².